The zero-order chi connectivity index (χ0) is 13.9. The van der Waals surface area contributed by atoms with Crippen molar-refractivity contribution in [3.8, 4) is 0 Å². The largest absolute Gasteiger partial charge is 0.381 e. The number of nitrogens with one attached hydrogen (secondary N) is 1. The summed E-state index contributed by atoms with van der Waals surface area (Å²) in [6.07, 6.45) is 4.61. The lowest BCUT2D eigenvalue weighted by Crippen LogP contribution is -2.20. The van der Waals surface area contributed by atoms with Crippen LogP contribution in [0.5, 0.6) is 0 Å². The quantitative estimate of drug-likeness (QED) is 0.923. The van der Waals surface area contributed by atoms with Gasteiger partial charge in [-0.1, -0.05) is 6.07 Å². The minimum atomic E-state index is 0.401. The first-order valence-corrected chi connectivity index (χ1v) is 7.61. The zero-order valence-corrected chi connectivity index (χ0v) is 12.4. The molecule has 0 radical (unpaired) electrons. The summed E-state index contributed by atoms with van der Waals surface area (Å²) in [7, 11) is 2.01. The van der Waals surface area contributed by atoms with Crippen LogP contribution in [0.25, 0.3) is 10.9 Å². The fraction of sp³-hybridized carbons (Fsp3) is 0.529. The molecule has 3 rings (SSSR count). The molecule has 1 aromatic heterocycles. The van der Waals surface area contributed by atoms with Crippen LogP contribution in [0.4, 0.5) is 0 Å². The van der Waals surface area contributed by atoms with Crippen LogP contribution in [0.3, 0.4) is 0 Å². The number of hydrogen-bond donors (Lipinski definition) is 1. The van der Waals surface area contributed by atoms with Crippen molar-refractivity contribution in [2.24, 2.45) is 5.92 Å². The lowest BCUT2D eigenvalue weighted by molar-refractivity contribution is 0.0616. The van der Waals surface area contributed by atoms with Gasteiger partial charge in [0, 0.05) is 37.5 Å². The summed E-state index contributed by atoms with van der Waals surface area (Å²) >= 11 is 0. The Kier molecular flexibility index (Phi) is 4.08. The maximum absolute atomic E-state index is 5.44. The second kappa shape index (κ2) is 5.98. The molecule has 0 spiro atoms. The van der Waals surface area contributed by atoms with E-state index in [0.717, 1.165) is 25.7 Å². The number of ether oxygens (including phenoxy) is 1. The van der Waals surface area contributed by atoms with Gasteiger partial charge in [-0.2, -0.15) is 0 Å². The van der Waals surface area contributed by atoms with Crippen LogP contribution in [0.15, 0.2) is 30.5 Å². The molecule has 108 valence electrons. The molecule has 1 atom stereocenters. The van der Waals surface area contributed by atoms with Gasteiger partial charge in [-0.25, -0.2) is 0 Å². The minimum Gasteiger partial charge on any atom is -0.381 e. The van der Waals surface area contributed by atoms with E-state index in [9.17, 15) is 0 Å². The third-order valence-electron chi connectivity index (χ3n) is 4.52. The normalized spacial score (nSPS) is 18.5. The van der Waals surface area contributed by atoms with E-state index in [2.05, 4.69) is 47.3 Å². The Morgan fingerprint density at radius 1 is 1.30 bits per heavy atom. The molecule has 1 saturated heterocycles. The molecule has 0 amide bonds. The van der Waals surface area contributed by atoms with Crippen LogP contribution in [0.2, 0.25) is 0 Å². The highest BCUT2D eigenvalue weighted by Gasteiger charge is 2.15. The summed E-state index contributed by atoms with van der Waals surface area (Å²) in [4.78, 5) is 0. The van der Waals surface area contributed by atoms with Gasteiger partial charge in [0.1, 0.15) is 0 Å². The summed E-state index contributed by atoms with van der Waals surface area (Å²) in [6.45, 7) is 5.16. The first-order valence-electron chi connectivity index (χ1n) is 7.61. The monoisotopic (exact) mass is 272 g/mol. The number of nitrogens with zero attached hydrogens (tertiary/aromatic N) is 1. The summed E-state index contributed by atoms with van der Waals surface area (Å²) in [5, 5.41) is 4.64. The number of fused-ring (bicyclic) bond motifs is 1. The van der Waals surface area contributed by atoms with Crippen molar-refractivity contribution in [2.75, 3.05) is 20.3 Å². The highest BCUT2D eigenvalue weighted by molar-refractivity contribution is 5.81. The van der Waals surface area contributed by atoms with Gasteiger partial charge in [0.05, 0.1) is 0 Å². The Bertz CT molecular complexity index is 569. The molecular formula is C17H24N2O. The third kappa shape index (κ3) is 2.74. The standard InChI is InChI=1S/C17H24N2O/c1-13(18-2)15-3-4-17-16(11-15)5-8-19(17)12-14-6-9-20-10-7-14/h3-5,8,11,13-14,18H,6-7,9-10,12H2,1-2H3. The molecule has 1 aliphatic heterocycles. The van der Waals surface area contributed by atoms with Crippen LogP contribution in [0.1, 0.15) is 31.4 Å². The van der Waals surface area contributed by atoms with Gasteiger partial charge >= 0.3 is 0 Å². The van der Waals surface area contributed by atoms with E-state index in [1.807, 2.05) is 7.05 Å². The molecule has 2 aromatic rings. The van der Waals surface area contributed by atoms with Crippen LogP contribution in [-0.2, 0) is 11.3 Å². The fourth-order valence-electron chi connectivity index (χ4n) is 3.02. The molecule has 3 heteroatoms. The summed E-state index contributed by atoms with van der Waals surface area (Å²) in [5.74, 6) is 0.759. The van der Waals surface area contributed by atoms with Crippen LogP contribution in [0, 0.1) is 5.92 Å². The maximum atomic E-state index is 5.44. The van der Waals surface area contributed by atoms with Crippen molar-refractivity contribution in [1.29, 1.82) is 0 Å². The number of benzene rings is 1. The third-order valence-corrected chi connectivity index (χ3v) is 4.52. The van der Waals surface area contributed by atoms with E-state index in [-0.39, 0.29) is 0 Å². The summed E-state index contributed by atoms with van der Waals surface area (Å²) in [5.41, 5.74) is 2.70. The molecule has 1 unspecified atom stereocenters. The molecule has 0 saturated carbocycles. The zero-order valence-electron chi connectivity index (χ0n) is 12.4. The summed E-state index contributed by atoms with van der Waals surface area (Å²) < 4.78 is 7.85. The molecule has 20 heavy (non-hydrogen) atoms. The number of hydrogen-bond acceptors (Lipinski definition) is 2. The Morgan fingerprint density at radius 2 is 2.10 bits per heavy atom. The average molecular weight is 272 g/mol. The van der Waals surface area contributed by atoms with Gasteiger partial charge in [0.25, 0.3) is 0 Å². The van der Waals surface area contributed by atoms with Crippen LogP contribution < -0.4 is 5.32 Å². The van der Waals surface area contributed by atoms with E-state index < -0.39 is 0 Å². The average Bonchev–Trinajstić information content (AvgIpc) is 2.90. The van der Waals surface area contributed by atoms with Gasteiger partial charge in [0.15, 0.2) is 0 Å². The topological polar surface area (TPSA) is 26.2 Å². The van der Waals surface area contributed by atoms with Crippen LogP contribution in [-0.4, -0.2) is 24.8 Å². The Morgan fingerprint density at radius 3 is 2.85 bits per heavy atom. The smallest absolute Gasteiger partial charge is 0.0480 e. The molecule has 1 N–H and O–H groups in total. The van der Waals surface area contributed by atoms with E-state index >= 15 is 0 Å². The Hall–Kier alpha value is -1.32. The van der Waals surface area contributed by atoms with Gasteiger partial charge in [-0.3, -0.25) is 0 Å². The van der Waals surface area contributed by atoms with Gasteiger partial charge in [-0.15, -0.1) is 0 Å². The SMILES string of the molecule is CNC(C)c1ccc2c(ccn2CC2CCOCC2)c1. The first kappa shape index (κ1) is 13.7. The van der Waals surface area contributed by atoms with Crippen molar-refractivity contribution in [1.82, 2.24) is 9.88 Å². The van der Waals surface area contributed by atoms with Crippen molar-refractivity contribution in [3.05, 3.63) is 36.0 Å². The molecule has 1 fully saturated rings. The van der Waals surface area contributed by atoms with Gasteiger partial charge in [-0.05, 0) is 61.9 Å². The van der Waals surface area contributed by atoms with Gasteiger partial charge < -0.3 is 14.6 Å². The van der Waals surface area contributed by atoms with Gasteiger partial charge in [0.2, 0.25) is 0 Å². The predicted molar refractivity (Wildman–Crippen MR) is 83.0 cm³/mol. The van der Waals surface area contributed by atoms with E-state index in [0.29, 0.717) is 6.04 Å². The highest BCUT2D eigenvalue weighted by atomic mass is 16.5. The van der Waals surface area contributed by atoms with Crippen molar-refractivity contribution in [2.45, 2.75) is 32.4 Å². The van der Waals surface area contributed by atoms with E-state index in [1.54, 1.807) is 0 Å². The molecule has 0 bridgehead atoms. The number of rotatable bonds is 4. The number of aromatic nitrogens is 1. The lowest BCUT2D eigenvalue weighted by atomic mass is 10.0. The molecule has 2 heterocycles. The molecule has 1 aliphatic rings. The second-order valence-corrected chi connectivity index (χ2v) is 5.85. The Labute approximate surface area is 120 Å². The molecule has 3 nitrogen and oxygen atoms in total. The molecular weight excluding hydrogens is 248 g/mol. The van der Waals surface area contributed by atoms with Crippen molar-refractivity contribution < 1.29 is 4.74 Å². The summed E-state index contributed by atoms with van der Waals surface area (Å²) in [6, 6.07) is 9.44. The molecule has 1 aromatic carbocycles. The van der Waals surface area contributed by atoms with Crippen molar-refractivity contribution >= 4 is 10.9 Å². The van der Waals surface area contributed by atoms with E-state index in [4.69, 9.17) is 4.74 Å². The molecule has 0 aliphatic carbocycles. The maximum Gasteiger partial charge on any atom is 0.0480 e. The first-order chi connectivity index (χ1) is 9.78. The predicted octanol–water partition coefficient (Wildman–Crippen LogP) is 3.35. The Balaban J connectivity index is 1.82. The van der Waals surface area contributed by atoms with Crippen LogP contribution >= 0.6 is 0 Å². The fourth-order valence-corrected chi connectivity index (χ4v) is 3.02. The second-order valence-electron chi connectivity index (χ2n) is 5.85. The highest BCUT2D eigenvalue weighted by Crippen LogP contribution is 2.24. The minimum absolute atomic E-state index is 0.401. The lowest BCUT2D eigenvalue weighted by Gasteiger charge is -2.22. The van der Waals surface area contributed by atoms with E-state index in [1.165, 1.54) is 29.3 Å². The van der Waals surface area contributed by atoms with Crippen molar-refractivity contribution in [3.63, 3.8) is 0 Å².